The molecule has 0 atom stereocenters. The number of benzene rings is 2. The maximum absolute atomic E-state index is 12.7. The number of fused-ring (bicyclic) bond motifs is 1. The number of carbonyl (C=O) groups excluding carboxylic acids is 1. The minimum atomic E-state index is -4.51. The Kier molecular flexibility index (Phi) is 3.72. The lowest BCUT2D eigenvalue weighted by molar-refractivity contribution is -0.137. The molecule has 0 aromatic heterocycles. The molecule has 0 fully saturated rings. The third-order valence-electron chi connectivity index (χ3n) is 3.61. The maximum Gasteiger partial charge on any atom is 0.417 e. The van der Waals surface area contributed by atoms with Crippen molar-refractivity contribution in [2.45, 2.75) is 12.6 Å². The second kappa shape index (κ2) is 5.45. The smallest absolute Gasteiger partial charge is 0.417 e. The number of anilines is 1. The Hall–Kier alpha value is -2.21. The summed E-state index contributed by atoms with van der Waals surface area (Å²) in [6.45, 7) is 0. The number of hydrogen-bond acceptors (Lipinski definition) is 2. The summed E-state index contributed by atoms with van der Waals surface area (Å²) in [7, 11) is 1.68. The number of alkyl halides is 3. The van der Waals surface area contributed by atoms with Crippen molar-refractivity contribution in [3.8, 4) is 11.5 Å². The second-order valence-corrected chi connectivity index (χ2v) is 5.57. The van der Waals surface area contributed by atoms with Gasteiger partial charge in [-0.3, -0.25) is 4.79 Å². The lowest BCUT2D eigenvalue weighted by Crippen LogP contribution is -2.20. The summed E-state index contributed by atoms with van der Waals surface area (Å²) in [6, 6.07) is 8.29. The highest BCUT2D eigenvalue weighted by molar-refractivity contribution is 6.31. The van der Waals surface area contributed by atoms with Gasteiger partial charge in [0.05, 0.1) is 17.0 Å². The number of carbonyl (C=O) groups is 1. The van der Waals surface area contributed by atoms with Crippen LogP contribution in [0.5, 0.6) is 11.5 Å². The third-order valence-corrected chi connectivity index (χ3v) is 3.92. The van der Waals surface area contributed by atoms with Crippen LogP contribution in [0.3, 0.4) is 0 Å². The van der Waals surface area contributed by atoms with Crippen molar-refractivity contribution in [3.63, 3.8) is 0 Å². The van der Waals surface area contributed by atoms with E-state index in [9.17, 15) is 18.0 Å². The molecule has 2 aromatic rings. The number of likely N-dealkylation sites (N-methyl/N-ethyl adjacent to an activating group) is 1. The molecular formula is C16H11ClF3NO2. The highest BCUT2D eigenvalue weighted by Crippen LogP contribution is 2.38. The Morgan fingerprint density at radius 1 is 1.13 bits per heavy atom. The average Bonchev–Trinajstić information content (AvgIpc) is 2.72. The molecule has 1 aliphatic rings. The second-order valence-electron chi connectivity index (χ2n) is 5.16. The fourth-order valence-corrected chi connectivity index (χ4v) is 2.71. The van der Waals surface area contributed by atoms with Gasteiger partial charge in [-0.2, -0.15) is 13.2 Å². The van der Waals surface area contributed by atoms with Crippen LogP contribution in [-0.2, 0) is 17.4 Å². The normalized spacial score (nSPS) is 14.1. The first-order valence-corrected chi connectivity index (χ1v) is 7.07. The van der Waals surface area contributed by atoms with Crippen LogP contribution in [0.4, 0.5) is 18.9 Å². The zero-order valence-electron chi connectivity index (χ0n) is 11.9. The summed E-state index contributed by atoms with van der Waals surface area (Å²) in [4.78, 5) is 13.2. The van der Waals surface area contributed by atoms with Gasteiger partial charge in [-0.05, 0) is 35.9 Å². The largest absolute Gasteiger partial charge is 0.457 e. The van der Waals surface area contributed by atoms with Gasteiger partial charge < -0.3 is 9.64 Å². The first-order valence-electron chi connectivity index (χ1n) is 6.70. The van der Waals surface area contributed by atoms with Crippen LogP contribution >= 0.6 is 11.6 Å². The van der Waals surface area contributed by atoms with E-state index in [2.05, 4.69) is 0 Å². The Morgan fingerprint density at radius 2 is 1.78 bits per heavy atom. The van der Waals surface area contributed by atoms with Crippen molar-refractivity contribution < 1.29 is 22.7 Å². The van der Waals surface area contributed by atoms with Crippen molar-refractivity contribution in [1.82, 2.24) is 0 Å². The van der Waals surface area contributed by atoms with E-state index >= 15 is 0 Å². The molecule has 0 radical (unpaired) electrons. The van der Waals surface area contributed by atoms with Crippen molar-refractivity contribution in [1.29, 1.82) is 0 Å². The number of ether oxygens (including phenoxy) is 1. The molecule has 0 saturated carbocycles. The van der Waals surface area contributed by atoms with Crippen molar-refractivity contribution in [3.05, 3.63) is 52.5 Å². The zero-order valence-corrected chi connectivity index (χ0v) is 12.7. The molecule has 1 amide bonds. The predicted octanol–water partition coefficient (Wildman–Crippen LogP) is 4.67. The standard InChI is InChI=1S/C16H11ClF3NO2/c1-21-14-5-3-10(6-9(14)7-15(21)22)23-11-2-4-12(13(17)8-11)16(18,19)20/h2-6,8H,7H2,1H3. The van der Waals surface area contributed by atoms with Gasteiger partial charge in [-0.15, -0.1) is 0 Å². The van der Waals surface area contributed by atoms with Gasteiger partial charge in [0.1, 0.15) is 11.5 Å². The summed E-state index contributed by atoms with van der Waals surface area (Å²) in [5.74, 6) is 0.609. The van der Waals surface area contributed by atoms with E-state index in [1.165, 1.54) is 6.07 Å². The van der Waals surface area contributed by atoms with Gasteiger partial charge in [0, 0.05) is 18.8 Å². The molecule has 1 heterocycles. The minimum absolute atomic E-state index is 0.0188. The Morgan fingerprint density at radius 3 is 2.43 bits per heavy atom. The maximum atomic E-state index is 12.7. The molecule has 0 N–H and O–H groups in total. The molecule has 0 aliphatic carbocycles. The molecular weight excluding hydrogens is 331 g/mol. The van der Waals surface area contributed by atoms with Gasteiger partial charge in [-0.25, -0.2) is 0 Å². The third kappa shape index (κ3) is 2.99. The number of amides is 1. The van der Waals surface area contributed by atoms with Gasteiger partial charge in [0.25, 0.3) is 0 Å². The quantitative estimate of drug-likeness (QED) is 0.794. The molecule has 1 aliphatic heterocycles. The highest BCUT2D eigenvalue weighted by atomic mass is 35.5. The van der Waals surface area contributed by atoms with Crippen LogP contribution < -0.4 is 9.64 Å². The Balaban J connectivity index is 1.85. The van der Waals surface area contributed by atoms with Crippen LogP contribution in [0, 0.1) is 0 Å². The molecule has 0 saturated heterocycles. The summed E-state index contributed by atoms with van der Waals surface area (Å²) in [5, 5.41) is -0.425. The molecule has 0 spiro atoms. The summed E-state index contributed by atoms with van der Waals surface area (Å²) >= 11 is 5.66. The van der Waals surface area contributed by atoms with E-state index in [1.807, 2.05) is 0 Å². The molecule has 7 heteroatoms. The summed E-state index contributed by atoms with van der Waals surface area (Å²) in [5.41, 5.74) is 0.702. The van der Waals surface area contributed by atoms with E-state index in [0.717, 1.165) is 23.4 Å². The highest BCUT2D eigenvalue weighted by Gasteiger charge is 2.33. The Bertz CT molecular complexity index is 789. The van der Waals surface area contributed by atoms with Crippen LogP contribution in [-0.4, -0.2) is 13.0 Å². The van der Waals surface area contributed by atoms with E-state index in [4.69, 9.17) is 16.3 Å². The molecule has 0 bridgehead atoms. The fraction of sp³-hybridized carbons (Fsp3) is 0.188. The summed E-state index contributed by atoms with van der Waals surface area (Å²) in [6.07, 6.45) is -4.23. The van der Waals surface area contributed by atoms with E-state index in [1.54, 1.807) is 30.1 Å². The van der Waals surface area contributed by atoms with Crippen LogP contribution in [0.1, 0.15) is 11.1 Å². The van der Waals surface area contributed by atoms with Crippen molar-refractivity contribution >= 4 is 23.2 Å². The van der Waals surface area contributed by atoms with Gasteiger partial charge in [0.2, 0.25) is 5.91 Å². The van der Waals surface area contributed by atoms with Gasteiger partial charge in [0.15, 0.2) is 0 Å². The first kappa shape index (κ1) is 15.7. The van der Waals surface area contributed by atoms with Gasteiger partial charge >= 0.3 is 6.18 Å². The predicted molar refractivity (Wildman–Crippen MR) is 80.1 cm³/mol. The average molecular weight is 342 g/mol. The number of halogens is 4. The molecule has 3 nitrogen and oxygen atoms in total. The number of nitrogens with zero attached hydrogens (tertiary/aromatic N) is 1. The monoisotopic (exact) mass is 341 g/mol. The number of rotatable bonds is 2. The lowest BCUT2D eigenvalue weighted by atomic mass is 10.1. The van der Waals surface area contributed by atoms with Crippen molar-refractivity contribution in [2.75, 3.05) is 11.9 Å². The van der Waals surface area contributed by atoms with E-state index < -0.39 is 16.8 Å². The molecule has 120 valence electrons. The zero-order chi connectivity index (χ0) is 16.8. The van der Waals surface area contributed by atoms with E-state index in [-0.39, 0.29) is 18.1 Å². The Labute approximate surface area is 135 Å². The van der Waals surface area contributed by atoms with Crippen LogP contribution in [0.15, 0.2) is 36.4 Å². The number of hydrogen-bond donors (Lipinski definition) is 0. The SMILES string of the molecule is CN1C(=O)Cc2cc(Oc3ccc(C(F)(F)F)c(Cl)c3)ccc21. The minimum Gasteiger partial charge on any atom is -0.457 e. The summed E-state index contributed by atoms with van der Waals surface area (Å²) < 4.78 is 43.5. The lowest BCUT2D eigenvalue weighted by Gasteiger charge is -2.13. The topological polar surface area (TPSA) is 29.5 Å². The molecule has 23 heavy (non-hydrogen) atoms. The van der Waals surface area contributed by atoms with Gasteiger partial charge in [-0.1, -0.05) is 11.6 Å². The molecule has 3 rings (SSSR count). The molecule has 2 aromatic carbocycles. The first-order chi connectivity index (χ1) is 10.8. The van der Waals surface area contributed by atoms with E-state index in [0.29, 0.717) is 5.75 Å². The van der Waals surface area contributed by atoms with Crippen LogP contribution in [0.2, 0.25) is 5.02 Å². The van der Waals surface area contributed by atoms with Crippen LogP contribution in [0.25, 0.3) is 0 Å². The fourth-order valence-electron chi connectivity index (χ4n) is 2.44. The molecule has 0 unspecified atom stereocenters. The van der Waals surface area contributed by atoms with Crippen molar-refractivity contribution in [2.24, 2.45) is 0 Å².